The van der Waals surface area contributed by atoms with Crippen LogP contribution in [0.4, 0.5) is 0 Å². The van der Waals surface area contributed by atoms with Gasteiger partial charge in [0.05, 0.1) is 13.2 Å². The molecule has 0 radical (unpaired) electrons. The van der Waals surface area contributed by atoms with E-state index < -0.39 is 7.60 Å². The summed E-state index contributed by atoms with van der Waals surface area (Å²) < 4.78 is 21.2. The fourth-order valence-corrected chi connectivity index (χ4v) is 2.48. The Morgan fingerprint density at radius 1 is 1.45 bits per heavy atom. The van der Waals surface area contributed by atoms with Gasteiger partial charge in [0, 0.05) is 0 Å². The van der Waals surface area contributed by atoms with Crippen LogP contribution in [0.15, 0.2) is 0 Å². The van der Waals surface area contributed by atoms with Crippen molar-refractivity contribution in [2.24, 2.45) is 0 Å². The average molecular weight is 178 g/mol. The maximum atomic E-state index is 11.4. The monoisotopic (exact) mass is 178 g/mol. The summed E-state index contributed by atoms with van der Waals surface area (Å²) in [7, 11) is -3.02. The van der Waals surface area contributed by atoms with Crippen LogP contribution in [0.1, 0.15) is 13.3 Å². The van der Waals surface area contributed by atoms with Crippen LogP contribution in [0, 0.1) is 0 Å². The van der Waals surface area contributed by atoms with Gasteiger partial charge in [-0.05, 0) is 13.3 Å². The minimum absolute atomic E-state index is 0.0903. The van der Waals surface area contributed by atoms with Crippen molar-refractivity contribution < 1.29 is 18.4 Å². The van der Waals surface area contributed by atoms with E-state index >= 15 is 0 Å². The number of ketones is 1. The first-order chi connectivity index (χ1) is 5.12. The van der Waals surface area contributed by atoms with Gasteiger partial charge in [0.2, 0.25) is 0 Å². The predicted molar refractivity (Wildman–Crippen MR) is 39.7 cm³/mol. The van der Waals surface area contributed by atoms with E-state index in [9.17, 15) is 9.36 Å². The molecule has 11 heavy (non-hydrogen) atoms. The van der Waals surface area contributed by atoms with Crippen molar-refractivity contribution >= 4 is 13.4 Å². The second-order valence-corrected chi connectivity index (χ2v) is 4.55. The number of hydrogen-bond donors (Lipinski definition) is 0. The normalized spacial score (nSPS) is 23.0. The fraction of sp³-hybridized carbons (Fsp3) is 0.833. The standard InChI is InChI=1S/C6H11O4P/c1-6(7)5-11(8)9-3-2-4-10-11/h2-5H2,1H3. The molecule has 1 rings (SSSR count). The summed E-state index contributed by atoms with van der Waals surface area (Å²) in [4.78, 5) is 10.6. The molecule has 0 bridgehead atoms. The summed E-state index contributed by atoms with van der Waals surface area (Å²) in [6.45, 7) is 2.25. The van der Waals surface area contributed by atoms with Crippen LogP contribution < -0.4 is 0 Å². The topological polar surface area (TPSA) is 52.6 Å². The lowest BCUT2D eigenvalue weighted by molar-refractivity contribution is -0.115. The molecular weight excluding hydrogens is 167 g/mol. The highest BCUT2D eigenvalue weighted by Gasteiger charge is 2.29. The van der Waals surface area contributed by atoms with Crippen LogP contribution in [0.2, 0.25) is 0 Å². The van der Waals surface area contributed by atoms with Gasteiger partial charge >= 0.3 is 7.60 Å². The molecule has 0 atom stereocenters. The number of hydrogen-bond acceptors (Lipinski definition) is 4. The average Bonchev–Trinajstić information content (AvgIpc) is 1.85. The predicted octanol–water partition coefficient (Wildman–Crippen LogP) is 1.21. The molecule has 1 aliphatic heterocycles. The van der Waals surface area contributed by atoms with Gasteiger partial charge in [-0.2, -0.15) is 0 Å². The zero-order valence-electron chi connectivity index (χ0n) is 6.41. The van der Waals surface area contributed by atoms with Crippen molar-refractivity contribution in [3.05, 3.63) is 0 Å². The maximum Gasteiger partial charge on any atom is 0.338 e. The lowest BCUT2D eigenvalue weighted by Crippen LogP contribution is -2.13. The van der Waals surface area contributed by atoms with Gasteiger partial charge in [-0.1, -0.05) is 0 Å². The van der Waals surface area contributed by atoms with Gasteiger partial charge in [0.25, 0.3) is 0 Å². The zero-order valence-corrected chi connectivity index (χ0v) is 7.30. The largest absolute Gasteiger partial charge is 0.338 e. The molecule has 0 amide bonds. The van der Waals surface area contributed by atoms with Gasteiger partial charge in [-0.15, -0.1) is 0 Å². The van der Waals surface area contributed by atoms with Gasteiger partial charge < -0.3 is 9.05 Å². The number of carbonyl (C=O) groups is 1. The summed E-state index contributed by atoms with van der Waals surface area (Å²) >= 11 is 0. The molecular formula is C6H11O4P. The molecule has 4 nitrogen and oxygen atoms in total. The molecule has 0 unspecified atom stereocenters. The van der Waals surface area contributed by atoms with E-state index in [1.165, 1.54) is 6.92 Å². The number of rotatable bonds is 2. The smallest absolute Gasteiger partial charge is 0.308 e. The first-order valence-corrected chi connectivity index (χ1v) is 5.23. The van der Waals surface area contributed by atoms with Crippen molar-refractivity contribution in [2.45, 2.75) is 13.3 Å². The Morgan fingerprint density at radius 2 is 2.00 bits per heavy atom. The third-order valence-electron chi connectivity index (χ3n) is 1.28. The van der Waals surface area contributed by atoms with Crippen molar-refractivity contribution in [3.8, 4) is 0 Å². The van der Waals surface area contributed by atoms with Crippen molar-refractivity contribution in [1.82, 2.24) is 0 Å². The zero-order chi connectivity index (χ0) is 8.32. The van der Waals surface area contributed by atoms with Crippen molar-refractivity contribution in [2.75, 3.05) is 19.4 Å². The second-order valence-electron chi connectivity index (χ2n) is 2.49. The molecule has 0 aromatic rings. The summed E-state index contributed by atoms with van der Waals surface area (Å²) in [6, 6.07) is 0. The van der Waals surface area contributed by atoms with Crippen LogP contribution in [0.25, 0.3) is 0 Å². The highest BCUT2D eigenvalue weighted by Crippen LogP contribution is 2.50. The quantitative estimate of drug-likeness (QED) is 0.596. The van der Waals surface area contributed by atoms with E-state index in [4.69, 9.17) is 9.05 Å². The molecule has 0 aromatic heterocycles. The SMILES string of the molecule is CC(=O)CP1(=O)OCCCO1. The van der Waals surface area contributed by atoms with E-state index in [1.54, 1.807) is 0 Å². The highest BCUT2D eigenvalue weighted by molar-refractivity contribution is 7.54. The van der Waals surface area contributed by atoms with E-state index in [0.717, 1.165) is 6.42 Å². The second kappa shape index (κ2) is 3.48. The van der Waals surface area contributed by atoms with Gasteiger partial charge in [0.15, 0.2) is 0 Å². The first-order valence-electron chi connectivity index (χ1n) is 3.50. The molecule has 0 aromatic carbocycles. The number of carbonyl (C=O) groups excluding carboxylic acids is 1. The van der Waals surface area contributed by atoms with Crippen LogP contribution in [-0.2, 0) is 18.4 Å². The Kier molecular flexibility index (Phi) is 2.82. The minimum atomic E-state index is -3.02. The van der Waals surface area contributed by atoms with Crippen molar-refractivity contribution in [1.29, 1.82) is 0 Å². The molecule has 1 heterocycles. The summed E-state index contributed by atoms with van der Waals surface area (Å²) in [5.74, 6) is -0.157. The van der Waals surface area contributed by atoms with Crippen LogP contribution in [0.3, 0.4) is 0 Å². The summed E-state index contributed by atoms with van der Waals surface area (Å²) in [5.41, 5.74) is 0. The third-order valence-corrected chi connectivity index (χ3v) is 3.27. The molecule has 0 saturated carbocycles. The van der Waals surface area contributed by atoms with Gasteiger partial charge in [-0.3, -0.25) is 9.36 Å². The molecule has 1 fully saturated rings. The van der Waals surface area contributed by atoms with Crippen LogP contribution in [0.5, 0.6) is 0 Å². The van der Waals surface area contributed by atoms with Gasteiger partial charge in [-0.25, -0.2) is 0 Å². The van der Waals surface area contributed by atoms with E-state index in [2.05, 4.69) is 0 Å². The molecule has 0 aliphatic carbocycles. The van der Waals surface area contributed by atoms with E-state index in [0.29, 0.717) is 13.2 Å². The van der Waals surface area contributed by atoms with E-state index in [-0.39, 0.29) is 11.9 Å². The first kappa shape index (κ1) is 8.91. The molecule has 1 aliphatic rings. The highest BCUT2D eigenvalue weighted by atomic mass is 31.2. The summed E-state index contributed by atoms with van der Waals surface area (Å²) in [5, 5.41) is 0. The third kappa shape index (κ3) is 2.73. The van der Waals surface area contributed by atoms with Gasteiger partial charge in [0.1, 0.15) is 11.9 Å². The Bertz CT molecular complexity index is 191. The Morgan fingerprint density at radius 3 is 2.45 bits per heavy atom. The Labute approximate surface area is 65.4 Å². The summed E-state index contributed by atoms with van der Waals surface area (Å²) in [6.07, 6.45) is 0.662. The fourth-order valence-electron chi connectivity index (χ4n) is 0.867. The lowest BCUT2D eigenvalue weighted by Gasteiger charge is -2.21. The van der Waals surface area contributed by atoms with Crippen LogP contribution >= 0.6 is 7.60 Å². The molecule has 5 heteroatoms. The Balaban J connectivity index is 2.51. The Hall–Kier alpha value is -0.180. The minimum Gasteiger partial charge on any atom is -0.308 e. The maximum absolute atomic E-state index is 11.4. The number of Topliss-reactive ketones (excluding diaryl/α,β-unsaturated/α-hetero) is 1. The van der Waals surface area contributed by atoms with E-state index in [1.807, 2.05) is 0 Å². The van der Waals surface area contributed by atoms with Crippen molar-refractivity contribution in [3.63, 3.8) is 0 Å². The molecule has 1 saturated heterocycles. The molecule has 64 valence electrons. The van der Waals surface area contributed by atoms with Crippen LogP contribution in [-0.4, -0.2) is 25.2 Å². The molecule has 0 spiro atoms. The molecule has 0 N–H and O–H groups in total. The lowest BCUT2D eigenvalue weighted by atomic mass is 10.5.